The molecule has 0 saturated carbocycles. The summed E-state index contributed by atoms with van der Waals surface area (Å²) in [5.41, 5.74) is 0. The highest BCUT2D eigenvalue weighted by Crippen LogP contribution is 2.37. The number of carboxylic acid groups (broad SMARTS) is 2. The first kappa shape index (κ1) is 63.2. The maximum atomic E-state index is 12.8. The standard InChI is InChI=1S/C26H44N2O39S6/c1-55-15-11(31)17(66-72(49,50)51)25(64-19(15)21(33)34)62-14-6(4-58-71(46,47)48)60-24(8(10(14)30)28-69(40,41)42)63-16-12(32)18(67-73(52,53)54)26(65-20(16)22(35)36)61-13-5(3-57-70(43,44)45)59-23(56-2)7(9(13)29)27-68(37,38)39/h5-20,23-32H,3-4H2,1-2H3,(H,33,34)(H,35,36)(H,37,38,39)(H,40,41,42)(H,43,44,45)(H,46,47,48)(H,49,50,51)(H,52,53,54)/t5?,6?,7?,8?,9-,10-,11+,12+,13+,14+,15-,16-,17?,18?,19?,20?,23-,24+,25-,26-/m1/s1. The smallest absolute Gasteiger partial charge is 0.397 e. The summed E-state index contributed by atoms with van der Waals surface area (Å²) < 4.78 is 266. The molecule has 47 heteroatoms. The van der Waals surface area contributed by atoms with Gasteiger partial charge in [0.1, 0.15) is 73.1 Å². The van der Waals surface area contributed by atoms with Gasteiger partial charge in [-0.3, -0.25) is 27.3 Å². The Balaban J connectivity index is 1.82. The van der Waals surface area contributed by atoms with Crippen molar-refractivity contribution in [3.05, 3.63) is 0 Å². The van der Waals surface area contributed by atoms with Crippen molar-refractivity contribution in [3.63, 3.8) is 0 Å². The number of carbonyl (C=O) groups is 2. The molecule has 428 valence electrons. The second-order valence-corrected chi connectivity index (χ2v) is 21.6. The van der Waals surface area contributed by atoms with E-state index in [-0.39, 0.29) is 0 Å². The number of hydrogen-bond acceptors (Lipinski definition) is 31. The fourth-order valence-electron chi connectivity index (χ4n) is 7.30. The third kappa shape index (κ3) is 17.8. The van der Waals surface area contributed by atoms with Crippen LogP contribution in [0.5, 0.6) is 0 Å². The van der Waals surface area contributed by atoms with E-state index < -0.39 is 210 Å². The Morgan fingerprint density at radius 1 is 0.438 bits per heavy atom. The summed E-state index contributed by atoms with van der Waals surface area (Å²) in [5.74, 6) is -4.36. The predicted molar refractivity (Wildman–Crippen MR) is 211 cm³/mol. The SMILES string of the molecule is CO[C@@H]1OC(COS(=O)(=O)O)[C@H](O[C@@H]2OC(C(=O)O)[C@H](O[C@@H]3OC(COS(=O)(=O)O)[C@H](O[C@@H]4OC(C(=O)O)[C@H](OC)[C@H](O)C4OS(=O)(=O)O)[C@H](O)C3NS(=O)(=O)O)[C@H](O)C2OS(=O)(=O)O)[C@H](O)C1NS(=O)(=O)O. The third-order valence-electron chi connectivity index (χ3n) is 10.1. The van der Waals surface area contributed by atoms with E-state index >= 15 is 0 Å². The molecule has 0 spiro atoms. The maximum absolute atomic E-state index is 12.8. The van der Waals surface area contributed by atoms with Gasteiger partial charge < -0.3 is 73.3 Å². The van der Waals surface area contributed by atoms with Crippen LogP contribution in [0, 0.1) is 0 Å². The highest BCUT2D eigenvalue weighted by atomic mass is 32.3. The zero-order chi connectivity index (χ0) is 55.7. The Kier molecular flexibility index (Phi) is 20.9. The van der Waals surface area contributed by atoms with Crippen LogP contribution < -0.4 is 9.44 Å². The van der Waals surface area contributed by atoms with E-state index in [1.807, 2.05) is 0 Å². The molecule has 4 heterocycles. The molecule has 0 bridgehead atoms. The van der Waals surface area contributed by atoms with Gasteiger partial charge in [-0.15, -0.1) is 0 Å². The third-order valence-corrected chi connectivity index (χ3v) is 13.0. The summed E-state index contributed by atoms with van der Waals surface area (Å²) in [6, 6.07) is -5.08. The molecular weight excluding hydrogens is 1160 g/mol. The predicted octanol–water partition coefficient (Wildman–Crippen LogP) is -10.1. The van der Waals surface area contributed by atoms with Gasteiger partial charge in [-0.05, 0) is 0 Å². The average Bonchev–Trinajstić information content (AvgIpc) is 3.21. The van der Waals surface area contributed by atoms with Crippen molar-refractivity contribution in [2.24, 2.45) is 0 Å². The van der Waals surface area contributed by atoms with Crippen LogP contribution in [0.1, 0.15) is 0 Å². The van der Waals surface area contributed by atoms with E-state index in [0.717, 1.165) is 14.2 Å². The first-order valence-electron chi connectivity index (χ1n) is 19.0. The molecule has 4 aliphatic heterocycles. The van der Waals surface area contributed by atoms with Crippen molar-refractivity contribution in [1.29, 1.82) is 0 Å². The summed E-state index contributed by atoms with van der Waals surface area (Å²) in [6.07, 6.45) is -47.9. The molecule has 4 fully saturated rings. The van der Waals surface area contributed by atoms with E-state index in [2.05, 4.69) is 16.7 Å². The molecule has 0 aliphatic carbocycles. The van der Waals surface area contributed by atoms with Crippen molar-refractivity contribution in [1.82, 2.24) is 9.44 Å². The lowest BCUT2D eigenvalue weighted by molar-refractivity contribution is -0.368. The van der Waals surface area contributed by atoms with E-state index in [0.29, 0.717) is 0 Å². The van der Waals surface area contributed by atoms with Crippen molar-refractivity contribution in [2.75, 3.05) is 27.4 Å². The number of nitrogens with one attached hydrogen (secondary N) is 2. The Labute approximate surface area is 409 Å². The molecular formula is C26H44N2O39S6. The second-order valence-electron chi connectivity index (χ2n) is 15.0. The number of carboxylic acids is 2. The molecule has 4 aliphatic rings. The minimum absolute atomic E-state index is 0.762. The van der Waals surface area contributed by atoms with Crippen molar-refractivity contribution in [2.45, 2.75) is 123 Å². The molecule has 20 atom stereocenters. The molecule has 0 radical (unpaired) electrons. The van der Waals surface area contributed by atoms with Gasteiger partial charge in [0.25, 0.3) is 0 Å². The van der Waals surface area contributed by atoms with E-state index in [1.54, 1.807) is 0 Å². The fraction of sp³-hybridized carbons (Fsp3) is 0.923. The number of methoxy groups -OCH3 is 2. The van der Waals surface area contributed by atoms with Gasteiger partial charge in [0.15, 0.2) is 49.6 Å². The first-order chi connectivity index (χ1) is 33.1. The van der Waals surface area contributed by atoms with Gasteiger partial charge in [-0.2, -0.15) is 60.0 Å². The van der Waals surface area contributed by atoms with Crippen molar-refractivity contribution >= 4 is 74.1 Å². The van der Waals surface area contributed by atoms with Crippen LogP contribution >= 0.6 is 0 Å². The molecule has 41 nitrogen and oxygen atoms in total. The molecule has 8 unspecified atom stereocenters. The summed E-state index contributed by atoms with van der Waals surface area (Å²) in [6.45, 7) is -3.19. The quantitative estimate of drug-likeness (QED) is 0.0399. The monoisotopic (exact) mass is 1200 g/mol. The highest BCUT2D eigenvalue weighted by Gasteiger charge is 2.60. The van der Waals surface area contributed by atoms with Gasteiger partial charge in [-0.25, -0.2) is 26.3 Å². The van der Waals surface area contributed by atoms with Crippen molar-refractivity contribution in [3.8, 4) is 0 Å². The number of hydrogen-bond donors (Lipinski definition) is 14. The van der Waals surface area contributed by atoms with E-state index in [9.17, 15) is 113 Å². The summed E-state index contributed by atoms with van der Waals surface area (Å²) in [7, 11) is -32.5. The zero-order valence-corrected chi connectivity index (χ0v) is 40.7. The summed E-state index contributed by atoms with van der Waals surface area (Å²) >= 11 is 0. The number of rotatable bonds is 24. The van der Waals surface area contributed by atoms with Crippen LogP contribution in [0.4, 0.5) is 0 Å². The van der Waals surface area contributed by atoms with Gasteiger partial charge in [0.2, 0.25) is 0 Å². The summed E-state index contributed by atoms with van der Waals surface area (Å²) in [4.78, 5) is 24.9. The molecule has 0 amide bonds. The van der Waals surface area contributed by atoms with Crippen LogP contribution in [0.3, 0.4) is 0 Å². The van der Waals surface area contributed by atoms with Crippen LogP contribution in [-0.4, -0.2) is 271 Å². The molecule has 0 aromatic heterocycles. The summed E-state index contributed by atoms with van der Waals surface area (Å²) in [5, 5.41) is 65.3. The minimum Gasteiger partial charge on any atom is -0.479 e. The van der Waals surface area contributed by atoms with E-state index in [1.165, 1.54) is 9.44 Å². The topological polar surface area (TPSA) is 626 Å². The zero-order valence-electron chi connectivity index (χ0n) is 35.8. The molecule has 14 N–H and O–H groups in total. The lowest BCUT2D eigenvalue weighted by Crippen LogP contribution is -2.70. The van der Waals surface area contributed by atoms with Gasteiger partial charge >= 0.3 is 74.1 Å². The van der Waals surface area contributed by atoms with Gasteiger partial charge in [-0.1, -0.05) is 0 Å². The van der Waals surface area contributed by atoms with Crippen molar-refractivity contribution < 1.29 is 177 Å². The molecule has 0 aromatic carbocycles. The lowest BCUT2D eigenvalue weighted by Gasteiger charge is -2.50. The molecule has 0 aromatic rings. The van der Waals surface area contributed by atoms with Crippen LogP contribution in [-0.2, 0) is 131 Å². The Bertz CT molecular complexity index is 2620. The van der Waals surface area contributed by atoms with Gasteiger partial charge in [0, 0.05) is 14.2 Å². The Morgan fingerprint density at radius 2 is 0.781 bits per heavy atom. The highest BCUT2D eigenvalue weighted by molar-refractivity contribution is 7.84. The lowest BCUT2D eigenvalue weighted by atomic mass is 9.94. The van der Waals surface area contributed by atoms with Gasteiger partial charge in [0.05, 0.1) is 13.2 Å². The normalized spacial score (nSPS) is 38.4. The maximum Gasteiger partial charge on any atom is 0.397 e. The molecule has 4 rings (SSSR count). The van der Waals surface area contributed by atoms with Crippen LogP contribution in [0.15, 0.2) is 0 Å². The number of aliphatic hydroxyl groups excluding tert-OH is 4. The first-order valence-corrected chi connectivity index (χ1v) is 27.3. The van der Waals surface area contributed by atoms with E-state index in [4.69, 9.17) is 47.2 Å². The number of ether oxygens (including phenoxy) is 9. The Morgan fingerprint density at radius 3 is 1.11 bits per heavy atom. The number of aliphatic carboxylic acids is 2. The second kappa shape index (κ2) is 24.1. The minimum atomic E-state index is -6.00. The fourth-order valence-corrected chi connectivity index (χ4v) is 10.1. The Hall–Kier alpha value is -2.36. The molecule has 73 heavy (non-hydrogen) atoms. The van der Waals surface area contributed by atoms with Crippen LogP contribution in [0.2, 0.25) is 0 Å². The average molecular weight is 1200 g/mol. The number of aliphatic hydroxyl groups is 4. The van der Waals surface area contributed by atoms with Crippen LogP contribution in [0.25, 0.3) is 0 Å². The largest absolute Gasteiger partial charge is 0.479 e. The molecule has 4 saturated heterocycles.